The molecule has 8 heteroatoms. The number of quaternary nitrogens is 1. The van der Waals surface area contributed by atoms with Crippen molar-refractivity contribution >= 4 is 44.2 Å². The van der Waals surface area contributed by atoms with Crippen LogP contribution in [0.2, 0.25) is 0 Å². The highest BCUT2D eigenvalue weighted by molar-refractivity contribution is 7.86. The summed E-state index contributed by atoms with van der Waals surface area (Å²) < 4.78 is 33.5. The molecule has 0 bridgehead atoms. The van der Waals surface area contributed by atoms with Gasteiger partial charge in [-0.05, 0) is 43.3 Å². The molecule has 0 radical (unpaired) electrons. The molecule has 7 nitrogen and oxygen atoms in total. The molecule has 1 aromatic heterocycles. The lowest BCUT2D eigenvalue weighted by atomic mass is 10.2. The molecule has 6 rings (SSSR count). The second-order valence-corrected chi connectivity index (χ2v) is 10.6. The van der Waals surface area contributed by atoms with Gasteiger partial charge in [-0.3, -0.25) is 4.90 Å². The number of hydrogen-bond donors (Lipinski definition) is 0. The van der Waals surface area contributed by atoms with E-state index in [4.69, 9.17) is 14.3 Å². The number of rotatable bonds is 5. The average molecular weight is 510 g/mol. The van der Waals surface area contributed by atoms with Gasteiger partial charge < -0.3 is 0 Å². The summed E-state index contributed by atoms with van der Waals surface area (Å²) in [6.45, 7) is 3.84. The van der Waals surface area contributed by atoms with Gasteiger partial charge in [-0.1, -0.05) is 75.2 Å². The van der Waals surface area contributed by atoms with Gasteiger partial charge in [0.25, 0.3) is 0 Å². The van der Waals surface area contributed by atoms with Gasteiger partial charge in [-0.15, -0.1) is 0 Å². The van der Waals surface area contributed by atoms with Crippen LogP contribution in [0.5, 0.6) is 0 Å². The SMILES string of the molecule is Cc1ccc(S(=O)(=O)O[N+]2(c3ccccc3)c3nc4ccccc4nc3N(c3ccccc3)C2C)cc1. The molecule has 2 heterocycles. The zero-order valence-electron chi connectivity index (χ0n) is 20.4. The van der Waals surface area contributed by atoms with Gasteiger partial charge in [-0.25, -0.2) is 4.98 Å². The van der Waals surface area contributed by atoms with E-state index in [0.29, 0.717) is 28.4 Å². The number of para-hydroxylation sites is 4. The van der Waals surface area contributed by atoms with E-state index >= 15 is 0 Å². The normalized spacial score (nSPS) is 19.2. The Balaban J connectivity index is 1.65. The molecule has 5 aromatic rings. The summed E-state index contributed by atoms with van der Waals surface area (Å²) in [6.07, 6.45) is -0.558. The molecular formula is C29H25N4O3S+. The van der Waals surface area contributed by atoms with Gasteiger partial charge in [0.1, 0.15) is 0 Å². The van der Waals surface area contributed by atoms with Crippen molar-refractivity contribution in [3.8, 4) is 0 Å². The molecular weight excluding hydrogens is 484 g/mol. The number of fused-ring (bicyclic) bond motifs is 2. The molecule has 2 unspecified atom stereocenters. The second kappa shape index (κ2) is 8.77. The van der Waals surface area contributed by atoms with Crippen LogP contribution in [0, 0.1) is 6.92 Å². The van der Waals surface area contributed by atoms with Crippen LogP contribution in [0.3, 0.4) is 0 Å². The number of anilines is 2. The van der Waals surface area contributed by atoms with Gasteiger partial charge in [-0.2, -0.15) is 13.4 Å². The number of nitrogens with zero attached hydrogens (tertiary/aromatic N) is 4. The van der Waals surface area contributed by atoms with E-state index in [1.54, 1.807) is 24.3 Å². The van der Waals surface area contributed by atoms with Gasteiger partial charge >= 0.3 is 15.9 Å². The van der Waals surface area contributed by atoms with Crippen LogP contribution in [0.25, 0.3) is 11.0 Å². The Morgan fingerprint density at radius 1 is 0.757 bits per heavy atom. The van der Waals surface area contributed by atoms with Gasteiger partial charge in [0, 0.05) is 24.7 Å². The van der Waals surface area contributed by atoms with Crippen molar-refractivity contribution < 1.29 is 12.7 Å². The molecule has 1 aliphatic heterocycles. The summed E-state index contributed by atoms with van der Waals surface area (Å²) in [6, 6.07) is 33.3. The second-order valence-electron chi connectivity index (χ2n) is 9.03. The zero-order valence-corrected chi connectivity index (χ0v) is 21.2. The zero-order chi connectivity index (χ0) is 25.6. The summed E-state index contributed by atoms with van der Waals surface area (Å²) in [5, 5.41) is 0. The molecule has 0 saturated carbocycles. The minimum absolute atomic E-state index is 0.0761. The van der Waals surface area contributed by atoms with Crippen LogP contribution >= 0.6 is 0 Å². The predicted molar refractivity (Wildman–Crippen MR) is 145 cm³/mol. The quantitative estimate of drug-likeness (QED) is 0.256. The van der Waals surface area contributed by atoms with Crippen molar-refractivity contribution in [2.45, 2.75) is 24.9 Å². The van der Waals surface area contributed by atoms with Crippen molar-refractivity contribution in [1.82, 2.24) is 14.6 Å². The van der Waals surface area contributed by atoms with E-state index < -0.39 is 20.9 Å². The average Bonchev–Trinajstić information content (AvgIpc) is 3.15. The summed E-state index contributed by atoms with van der Waals surface area (Å²) in [7, 11) is -4.22. The molecule has 0 spiro atoms. The van der Waals surface area contributed by atoms with Crippen molar-refractivity contribution in [2.75, 3.05) is 4.90 Å². The molecule has 0 N–H and O–H groups in total. The van der Waals surface area contributed by atoms with E-state index in [1.165, 1.54) is 0 Å². The van der Waals surface area contributed by atoms with Gasteiger partial charge in [0.05, 0.1) is 15.9 Å². The van der Waals surface area contributed by atoms with Crippen LogP contribution in [-0.4, -0.2) is 24.6 Å². The Hall–Kier alpha value is -4.11. The maximum atomic E-state index is 13.8. The smallest absolute Gasteiger partial charge is 0.266 e. The first-order valence-electron chi connectivity index (χ1n) is 12.0. The van der Waals surface area contributed by atoms with E-state index in [0.717, 1.165) is 11.3 Å². The van der Waals surface area contributed by atoms with Crippen LogP contribution in [0.15, 0.2) is 114 Å². The number of benzene rings is 4. The fourth-order valence-corrected chi connectivity index (χ4v) is 5.99. The molecule has 0 fully saturated rings. The predicted octanol–water partition coefficient (Wildman–Crippen LogP) is 6.40. The molecule has 2 atom stereocenters. The molecule has 184 valence electrons. The fourth-order valence-electron chi connectivity index (χ4n) is 4.84. The lowest BCUT2D eigenvalue weighted by Crippen LogP contribution is -2.54. The van der Waals surface area contributed by atoms with Crippen molar-refractivity contribution in [2.24, 2.45) is 0 Å². The number of hydrogen-bond acceptors (Lipinski definition) is 6. The third-order valence-corrected chi connectivity index (χ3v) is 7.96. The highest BCUT2D eigenvalue weighted by atomic mass is 32.2. The van der Waals surface area contributed by atoms with Crippen LogP contribution < -0.4 is 9.55 Å². The largest absolute Gasteiger partial charge is 0.344 e. The molecule has 0 amide bonds. The standard InChI is InChI=1S/C29H25N4O3S/c1-21-17-19-25(20-18-21)37(34,35)36-33(24-13-7-4-8-14-24)22(2)32(23-11-5-3-6-12-23)28-29(33)31-27-16-10-9-15-26(27)30-28/h3-20,22H,1-2H3/q+1. The fraction of sp³-hybridized carbons (Fsp3) is 0.103. The molecule has 0 saturated heterocycles. The molecule has 37 heavy (non-hydrogen) atoms. The highest BCUT2D eigenvalue weighted by Gasteiger charge is 2.59. The highest BCUT2D eigenvalue weighted by Crippen LogP contribution is 2.53. The number of hydroxylamine groups is 1. The molecule has 0 aliphatic carbocycles. The minimum Gasteiger partial charge on any atom is -0.266 e. The number of aromatic nitrogens is 2. The third kappa shape index (κ3) is 3.77. The summed E-state index contributed by atoms with van der Waals surface area (Å²) in [5.74, 6) is 0.942. The summed E-state index contributed by atoms with van der Waals surface area (Å²) >= 11 is 0. The number of aryl methyl sites for hydroxylation is 1. The Morgan fingerprint density at radius 2 is 1.32 bits per heavy atom. The first kappa shape index (κ1) is 23.3. The molecule has 1 aliphatic rings. The van der Waals surface area contributed by atoms with Gasteiger partial charge in [0.2, 0.25) is 12.0 Å². The van der Waals surface area contributed by atoms with Crippen LogP contribution in [-0.2, 0) is 14.4 Å². The lowest BCUT2D eigenvalue weighted by Gasteiger charge is -2.34. The third-order valence-electron chi connectivity index (χ3n) is 6.68. The maximum Gasteiger partial charge on any atom is 0.344 e. The Bertz CT molecular complexity index is 1690. The van der Waals surface area contributed by atoms with E-state index in [-0.39, 0.29) is 4.90 Å². The first-order chi connectivity index (χ1) is 17.9. The van der Waals surface area contributed by atoms with Gasteiger partial charge in [0.15, 0.2) is 5.69 Å². The van der Waals surface area contributed by atoms with Crippen LogP contribution in [0.1, 0.15) is 12.5 Å². The Kier molecular flexibility index (Phi) is 5.52. The van der Waals surface area contributed by atoms with Crippen molar-refractivity contribution in [3.63, 3.8) is 0 Å². The maximum absolute atomic E-state index is 13.8. The first-order valence-corrected chi connectivity index (χ1v) is 13.4. The Labute approximate surface area is 215 Å². The topological polar surface area (TPSA) is 72.4 Å². The van der Waals surface area contributed by atoms with E-state index in [9.17, 15) is 8.42 Å². The van der Waals surface area contributed by atoms with Crippen molar-refractivity contribution in [3.05, 3.63) is 115 Å². The van der Waals surface area contributed by atoms with E-state index in [1.807, 2.05) is 104 Å². The minimum atomic E-state index is -4.22. The van der Waals surface area contributed by atoms with Crippen LogP contribution in [0.4, 0.5) is 23.0 Å². The summed E-state index contributed by atoms with van der Waals surface area (Å²) in [5.41, 5.74) is 3.79. The van der Waals surface area contributed by atoms with E-state index in [2.05, 4.69) is 0 Å². The molecule has 4 aromatic carbocycles. The monoisotopic (exact) mass is 509 g/mol. The lowest BCUT2D eigenvalue weighted by molar-refractivity contribution is -0.00806. The van der Waals surface area contributed by atoms with Crippen molar-refractivity contribution in [1.29, 1.82) is 0 Å². The summed E-state index contributed by atoms with van der Waals surface area (Å²) in [4.78, 5) is 12.0. The Morgan fingerprint density at radius 3 is 1.97 bits per heavy atom.